The Morgan fingerprint density at radius 1 is 1.17 bits per heavy atom. The third-order valence-corrected chi connectivity index (χ3v) is 7.64. The fourth-order valence-electron chi connectivity index (χ4n) is 3.94. The number of nitrogens with one attached hydrogen (secondary N) is 2. The molecule has 0 radical (unpaired) electrons. The number of pyridine rings is 1. The van der Waals surface area contributed by atoms with E-state index < -0.39 is 20.8 Å². The molecule has 4 heterocycles. The van der Waals surface area contributed by atoms with Gasteiger partial charge < -0.3 is 24.7 Å². The Hall–Kier alpha value is -2.70. The van der Waals surface area contributed by atoms with Crippen molar-refractivity contribution in [2.24, 2.45) is 0 Å². The lowest BCUT2D eigenvalue weighted by Gasteiger charge is -2.23. The van der Waals surface area contributed by atoms with Crippen LogP contribution in [-0.2, 0) is 16.2 Å². The molecule has 0 atom stereocenters. The van der Waals surface area contributed by atoms with Crippen LogP contribution in [0.5, 0.6) is 0 Å². The van der Waals surface area contributed by atoms with Crippen LogP contribution < -0.4 is 10.6 Å². The Kier molecular flexibility index (Phi) is 8.16. The minimum atomic E-state index is -4.36. The van der Waals surface area contributed by atoms with Crippen molar-refractivity contribution < 1.29 is 22.6 Å². The van der Waals surface area contributed by atoms with E-state index in [-0.39, 0.29) is 5.95 Å². The average Bonchev–Trinajstić information content (AvgIpc) is 3.18. The lowest BCUT2D eigenvalue weighted by atomic mass is 10.1. The van der Waals surface area contributed by atoms with Gasteiger partial charge in [-0.25, -0.2) is 15.0 Å². The molecule has 1 saturated heterocycles. The normalized spacial score (nSPS) is 15.4. The monoisotopic (exact) mass is 522 g/mol. The maximum Gasteiger partial charge on any atom is 0.405 e. The molecule has 0 bridgehead atoms. The molecule has 8 nitrogen and oxygen atoms in total. The summed E-state index contributed by atoms with van der Waals surface area (Å²) in [7, 11) is -1.26. The second kappa shape index (κ2) is 11.1. The van der Waals surface area contributed by atoms with Crippen molar-refractivity contribution in [3.05, 3.63) is 30.6 Å². The molecule has 0 unspecified atom stereocenters. The SMILES string of the molecule is C[Si](C)(C)CCOCn1c(-c2ccnc(NCC(F)(F)F)n2)cc2cnc(NC3CCOCC3)cc21. The number of aromatic nitrogens is 4. The van der Waals surface area contributed by atoms with Crippen molar-refractivity contribution in [1.29, 1.82) is 0 Å². The van der Waals surface area contributed by atoms with Crippen molar-refractivity contribution in [1.82, 2.24) is 19.5 Å². The highest BCUT2D eigenvalue weighted by molar-refractivity contribution is 6.76. The molecule has 4 rings (SSSR count). The van der Waals surface area contributed by atoms with Gasteiger partial charge in [-0.05, 0) is 31.0 Å². The molecule has 3 aromatic rings. The van der Waals surface area contributed by atoms with Gasteiger partial charge in [0.05, 0.1) is 16.9 Å². The van der Waals surface area contributed by atoms with Crippen LogP contribution in [0.25, 0.3) is 22.3 Å². The Balaban J connectivity index is 1.63. The number of nitrogens with zero attached hydrogens (tertiary/aromatic N) is 4. The predicted octanol–water partition coefficient (Wildman–Crippen LogP) is 5.37. The van der Waals surface area contributed by atoms with Crippen molar-refractivity contribution >= 4 is 30.7 Å². The Morgan fingerprint density at radius 3 is 2.67 bits per heavy atom. The molecule has 196 valence electrons. The van der Waals surface area contributed by atoms with Crippen LogP contribution in [0, 0.1) is 0 Å². The minimum Gasteiger partial charge on any atom is -0.381 e. The molecule has 0 aromatic carbocycles. The van der Waals surface area contributed by atoms with E-state index in [1.807, 2.05) is 16.7 Å². The standard InChI is InChI=1S/C24H33F3N6O2Si/c1-36(2,3)11-10-35-16-33-20-13-22(31-18-5-8-34-9-6-18)29-14-17(20)12-21(33)19-4-7-28-23(32-19)30-15-24(25,26)27/h4,7,12-14,18H,5-6,8-11,15-16H2,1-3H3,(H,29,31)(H,28,30,32). The first-order valence-corrected chi connectivity index (χ1v) is 15.8. The maximum atomic E-state index is 12.7. The van der Waals surface area contributed by atoms with Gasteiger partial charge in [0, 0.05) is 57.8 Å². The zero-order valence-electron chi connectivity index (χ0n) is 20.9. The number of rotatable bonds is 10. The van der Waals surface area contributed by atoms with Gasteiger partial charge >= 0.3 is 6.18 Å². The van der Waals surface area contributed by atoms with Gasteiger partial charge in [0.1, 0.15) is 19.1 Å². The first kappa shape index (κ1) is 26.4. The van der Waals surface area contributed by atoms with Gasteiger partial charge in [0.15, 0.2) is 0 Å². The molecular formula is C24H33F3N6O2Si. The van der Waals surface area contributed by atoms with Gasteiger partial charge in [-0.3, -0.25) is 0 Å². The van der Waals surface area contributed by atoms with Crippen LogP contribution in [0.2, 0.25) is 25.7 Å². The van der Waals surface area contributed by atoms with Gasteiger partial charge in [0.2, 0.25) is 5.95 Å². The van der Waals surface area contributed by atoms with Crippen LogP contribution in [0.1, 0.15) is 12.8 Å². The molecule has 0 amide bonds. The molecular weight excluding hydrogens is 489 g/mol. The highest BCUT2D eigenvalue weighted by Gasteiger charge is 2.27. The fourth-order valence-corrected chi connectivity index (χ4v) is 4.69. The van der Waals surface area contributed by atoms with Crippen molar-refractivity contribution in [2.75, 3.05) is 37.0 Å². The topological polar surface area (TPSA) is 86.1 Å². The zero-order chi connectivity index (χ0) is 25.8. The van der Waals surface area contributed by atoms with E-state index in [1.54, 1.807) is 12.3 Å². The van der Waals surface area contributed by atoms with Gasteiger partial charge in [-0.15, -0.1) is 0 Å². The summed E-state index contributed by atoms with van der Waals surface area (Å²) in [6.07, 6.45) is 0.716. The largest absolute Gasteiger partial charge is 0.405 e. The molecule has 0 spiro atoms. The van der Waals surface area contributed by atoms with Crippen molar-refractivity contribution in [3.8, 4) is 11.4 Å². The van der Waals surface area contributed by atoms with Crippen LogP contribution >= 0.6 is 0 Å². The molecule has 12 heteroatoms. The minimum absolute atomic E-state index is 0.0821. The summed E-state index contributed by atoms with van der Waals surface area (Å²) in [5.41, 5.74) is 2.13. The molecule has 1 fully saturated rings. The Bertz CT molecular complexity index is 1160. The van der Waals surface area contributed by atoms with Gasteiger partial charge in [-0.1, -0.05) is 19.6 Å². The van der Waals surface area contributed by atoms with Crippen molar-refractivity contribution in [3.63, 3.8) is 0 Å². The van der Waals surface area contributed by atoms with E-state index in [4.69, 9.17) is 9.47 Å². The van der Waals surface area contributed by atoms with E-state index in [9.17, 15) is 13.2 Å². The lowest BCUT2D eigenvalue weighted by Crippen LogP contribution is -2.28. The molecule has 1 aliphatic heterocycles. The number of hydrogen-bond donors (Lipinski definition) is 2. The number of anilines is 2. The second-order valence-corrected chi connectivity index (χ2v) is 15.8. The first-order valence-electron chi connectivity index (χ1n) is 12.1. The number of hydrogen-bond acceptors (Lipinski definition) is 7. The van der Waals surface area contributed by atoms with Crippen LogP contribution in [0.15, 0.2) is 30.6 Å². The number of halogens is 3. The van der Waals surface area contributed by atoms with Crippen LogP contribution in [0.3, 0.4) is 0 Å². The van der Waals surface area contributed by atoms with Gasteiger partial charge in [0.25, 0.3) is 0 Å². The predicted molar refractivity (Wildman–Crippen MR) is 137 cm³/mol. The summed E-state index contributed by atoms with van der Waals surface area (Å²) in [5.74, 6) is 0.680. The lowest BCUT2D eigenvalue weighted by molar-refractivity contribution is -0.115. The van der Waals surface area contributed by atoms with E-state index in [1.165, 1.54) is 6.20 Å². The molecule has 36 heavy (non-hydrogen) atoms. The summed E-state index contributed by atoms with van der Waals surface area (Å²) < 4.78 is 51.5. The third-order valence-electron chi connectivity index (χ3n) is 5.94. The first-order chi connectivity index (χ1) is 17.1. The Morgan fingerprint density at radius 2 is 1.94 bits per heavy atom. The molecule has 2 N–H and O–H groups in total. The zero-order valence-corrected chi connectivity index (χ0v) is 21.9. The van der Waals surface area contributed by atoms with E-state index >= 15 is 0 Å². The van der Waals surface area contributed by atoms with E-state index in [0.717, 1.165) is 54.5 Å². The van der Waals surface area contributed by atoms with E-state index in [0.29, 0.717) is 25.1 Å². The molecule has 3 aromatic heterocycles. The summed E-state index contributed by atoms with van der Waals surface area (Å²) in [6.45, 7) is 8.06. The average molecular weight is 523 g/mol. The second-order valence-electron chi connectivity index (χ2n) is 10.2. The molecule has 0 saturated carbocycles. The molecule has 1 aliphatic rings. The van der Waals surface area contributed by atoms with E-state index in [2.05, 4.69) is 45.2 Å². The number of alkyl halides is 3. The van der Waals surface area contributed by atoms with Crippen LogP contribution in [0.4, 0.5) is 24.9 Å². The fraction of sp³-hybridized carbons (Fsp3) is 0.542. The summed E-state index contributed by atoms with van der Waals surface area (Å²) in [5, 5.41) is 6.64. The van der Waals surface area contributed by atoms with Crippen molar-refractivity contribution in [2.45, 2.75) is 57.5 Å². The quantitative estimate of drug-likeness (QED) is 0.273. The highest BCUT2D eigenvalue weighted by atomic mass is 28.3. The molecule has 0 aliphatic carbocycles. The van der Waals surface area contributed by atoms with Crippen LogP contribution in [-0.4, -0.2) is 66.2 Å². The smallest absolute Gasteiger partial charge is 0.381 e. The highest BCUT2D eigenvalue weighted by Crippen LogP contribution is 2.29. The third kappa shape index (κ3) is 7.40. The summed E-state index contributed by atoms with van der Waals surface area (Å²) in [4.78, 5) is 12.9. The summed E-state index contributed by atoms with van der Waals surface area (Å²) in [6, 6.07) is 6.92. The number of ether oxygens (including phenoxy) is 2. The summed E-state index contributed by atoms with van der Waals surface area (Å²) >= 11 is 0. The van der Waals surface area contributed by atoms with Gasteiger partial charge in [-0.2, -0.15) is 13.2 Å². The Labute approximate surface area is 209 Å². The maximum absolute atomic E-state index is 12.7. The number of fused-ring (bicyclic) bond motifs is 1.